The quantitative estimate of drug-likeness (QED) is 0.641. The van der Waals surface area contributed by atoms with E-state index in [4.69, 9.17) is 5.14 Å². The number of benzene rings is 3. The number of halogens is 3. The van der Waals surface area contributed by atoms with Crippen LogP contribution >= 0.6 is 0 Å². The number of primary sulfonamides is 1. The summed E-state index contributed by atoms with van der Waals surface area (Å²) in [4.78, 5) is -0.682. The Labute approximate surface area is 171 Å². The number of nitrogens with two attached hydrogens (primary N) is 1. The molecule has 10 heteroatoms. The van der Waals surface area contributed by atoms with Crippen molar-refractivity contribution in [3.05, 3.63) is 72.3 Å². The van der Waals surface area contributed by atoms with Crippen LogP contribution in [0.25, 0.3) is 22.3 Å². The van der Waals surface area contributed by atoms with E-state index >= 15 is 0 Å². The molecule has 3 rings (SSSR count). The van der Waals surface area contributed by atoms with E-state index in [0.29, 0.717) is 0 Å². The molecule has 0 aliphatic heterocycles. The summed E-state index contributed by atoms with van der Waals surface area (Å²) in [6, 6.07) is 13.9. The summed E-state index contributed by atoms with van der Waals surface area (Å²) in [5, 5.41) is 5.26. The first-order valence-corrected chi connectivity index (χ1v) is 11.9. The molecule has 0 bridgehead atoms. The summed E-state index contributed by atoms with van der Waals surface area (Å²) in [7, 11) is -8.16. The van der Waals surface area contributed by atoms with Gasteiger partial charge in [-0.3, -0.25) is 0 Å². The molecule has 0 fully saturated rings. The molecule has 0 aliphatic carbocycles. The van der Waals surface area contributed by atoms with Crippen molar-refractivity contribution in [2.75, 3.05) is 6.26 Å². The Kier molecular flexibility index (Phi) is 5.52. The van der Waals surface area contributed by atoms with E-state index in [1.54, 1.807) is 0 Å². The van der Waals surface area contributed by atoms with Gasteiger partial charge in [-0.1, -0.05) is 48.5 Å². The average Bonchev–Trinajstić information content (AvgIpc) is 2.65. The van der Waals surface area contributed by atoms with Crippen LogP contribution in [0.3, 0.4) is 0 Å². The first-order chi connectivity index (χ1) is 13.8. The fourth-order valence-electron chi connectivity index (χ4n) is 3.24. The van der Waals surface area contributed by atoms with Gasteiger partial charge in [-0.05, 0) is 23.8 Å². The van der Waals surface area contributed by atoms with E-state index in [-0.39, 0.29) is 26.5 Å². The monoisotopic (exact) mass is 455 g/mol. The fraction of sp³-hybridized carbons (Fsp3) is 0.100. The van der Waals surface area contributed by atoms with E-state index < -0.39 is 37.2 Å². The highest BCUT2D eigenvalue weighted by atomic mass is 32.2. The standard InChI is InChI=1S/C20H16F3NO4S2/c1-29(25,26)17-11-4-3-8-15(17)19-14(9-6-10-16(19)20(21,22)23)13-7-2-5-12-18(13)30(24,27)28/h2-12H,1H3,(H2,24,27,28). The molecule has 0 heterocycles. The Morgan fingerprint density at radius 1 is 0.700 bits per heavy atom. The number of hydrogen-bond acceptors (Lipinski definition) is 4. The number of rotatable bonds is 4. The molecule has 30 heavy (non-hydrogen) atoms. The molecule has 0 atom stereocenters. The van der Waals surface area contributed by atoms with Crippen molar-refractivity contribution in [1.29, 1.82) is 0 Å². The normalized spacial score (nSPS) is 12.7. The van der Waals surface area contributed by atoms with Gasteiger partial charge in [0.2, 0.25) is 10.0 Å². The van der Waals surface area contributed by atoms with Gasteiger partial charge in [0.25, 0.3) is 0 Å². The molecule has 0 amide bonds. The predicted molar refractivity (Wildman–Crippen MR) is 107 cm³/mol. The van der Waals surface area contributed by atoms with Gasteiger partial charge < -0.3 is 0 Å². The van der Waals surface area contributed by atoms with Crippen molar-refractivity contribution in [2.24, 2.45) is 5.14 Å². The van der Waals surface area contributed by atoms with Crippen LogP contribution in [-0.2, 0) is 26.0 Å². The molecule has 5 nitrogen and oxygen atoms in total. The molecular weight excluding hydrogens is 439 g/mol. The first kappa shape index (κ1) is 22.0. The molecule has 0 aliphatic rings. The van der Waals surface area contributed by atoms with Gasteiger partial charge in [0.15, 0.2) is 9.84 Å². The predicted octanol–water partition coefficient (Wildman–Crippen LogP) is 4.09. The molecule has 2 N–H and O–H groups in total. The lowest BCUT2D eigenvalue weighted by Gasteiger charge is -2.20. The Morgan fingerprint density at radius 2 is 1.20 bits per heavy atom. The number of sulfone groups is 1. The van der Waals surface area contributed by atoms with Crippen molar-refractivity contribution >= 4 is 19.9 Å². The van der Waals surface area contributed by atoms with Crippen molar-refractivity contribution < 1.29 is 30.0 Å². The highest BCUT2D eigenvalue weighted by Crippen LogP contribution is 2.45. The molecular formula is C20H16F3NO4S2. The second-order valence-electron chi connectivity index (χ2n) is 6.54. The van der Waals surface area contributed by atoms with Crippen LogP contribution < -0.4 is 5.14 Å². The third-order valence-electron chi connectivity index (χ3n) is 4.41. The van der Waals surface area contributed by atoms with Crippen LogP contribution in [0.2, 0.25) is 0 Å². The van der Waals surface area contributed by atoms with Crippen molar-refractivity contribution in [3.8, 4) is 22.3 Å². The van der Waals surface area contributed by atoms with E-state index in [0.717, 1.165) is 18.4 Å². The summed E-state index contributed by atoms with van der Waals surface area (Å²) in [6.45, 7) is 0. The van der Waals surface area contributed by atoms with E-state index in [1.165, 1.54) is 54.6 Å². The van der Waals surface area contributed by atoms with Gasteiger partial charge in [-0.2, -0.15) is 13.2 Å². The first-order valence-electron chi connectivity index (χ1n) is 8.43. The summed E-state index contributed by atoms with van der Waals surface area (Å²) >= 11 is 0. The Hall–Kier alpha value is -2.69. The number of sulfonamides is 1. The zero-order chi connectivity index (χ0) is 22.3. The summed E-state index contributed by atoms with van der Waals surface area (Å²) in [5.74, 6) is 0. The van der Waals surface area contributed by atoms with Crippen LogP contribution in [0.4, 0.5) is 13.2 Å². The zero-order valence-corrected chi connectivity index (χ0v) is 17.1. The van der Waals surface area contributed by atoms with Crippen LogP contribution in [0.15, 0.2) is 76.5 Å². The van der Waals surface area contributed by atoms with Gasteiger partial charge in [-0.25, -0.2) is 22.0 Å². The minimum absolute atomic E-state index is 0.0654. The van der Waals surface area contributed by atoms with E-state index in [1.807, 2.05) is 0 Å². The van der Waals surface area contributed by atoms with Crippen LogP contribution in [0.1, 0.15) is 5.56 Å². The van der Waals surface area contributed by atoms with Gasteiger partial charge in [0, 0.05) is 22.9 Å². The lowest BCUT2D eigenvalue weighted by atomic mass is 9.90. The third-order valence-corrected chi connectivity index (χ3v) is 6.53. The minimum atomic E-state index is -4.83. The molecule has 3 aromatic carbocycles. The molecule has 3 aromatic rings. The molecule has 0 spiro atoms. The summed E-state index contributed by atoms with van der Waals surface area (Å²) < 4.78 is 90.3. The Bertz CT molecular complexity index is 1330. The lowest BCUT2D eigenvalue weighted by Crippen LogP contribution is -2.14. The fourth-order valence-corrected chi connectivity index (χ4v) is 4.89. The maximum Gasteiger partial charge on any atom is 0.417 e. The highest BCUT2D eigenvalue weighted by molar-refractivity contribution is 7.90. The Balaban J connectivity index is 2.54. The van der Waals surface area contributed by atoms with Crippen molar-refractivity contribution in [3.63, 3.8) is 0 Å². The largest absolute Gasteiger partial charge is 0.417 e. The van der Waals surface area contributed by atoms with Gasteiger partial charge in [-0.15, -0.1) is 0 Å². The van der Waals surface area contributed by atoms with Crippen LogP contribution in [-0.4, -0.2) is 23.1 Å². The molecule has 0 radical (unpaired) electrons. The van der Waals surface area contributed by atoms with E-state index in [9.17, 15) is 30.0 Å². The SMILES string of the molecule is CS(=O)(=O)c1ccccc1-c1c(-c2ccccc2S(N)(=O)=O)cccc1C(F)(F)F. The van der Waals surface area contributed by atoms with Crippen molar-refractivity contribution in [2.45, 2.75) is 16.0 Å². The zero-order valence-electron chi connectivity index (χ0n) is 15.5. The van der Waals surface area contributed by atoms with Crippen molar-refractivity contribution in [1.82, 2.24) is 0 Å². The maximum atomic E-state index is 13.9. The number of hydrogen-bond donors (Lipinski definition) is 1. The lowest BCUT2D eigenvalue weighted by molar-refractivity contribution is -0.137. The highest BCUT2D eigenvalue weighted by Gasteiger charge is 2.36. The summed E-state index contributed by atoms with van der Waals surface area (Å²) in [6.07, 6.45) is -3.94. The molecule has 0 saturated heterocycles. The molecule has 0 unspecified atom stereocenters. The smallest absolute Gasteiger partial charge is 0.225 e. The van der Waals surface area contributed by atoms with E-state index in [2.05, 4.69) is 0 Å². The topological polar surface area (TPSA) is 94.3 Å². The number of alkyl halides is 3. The van der Waals surface area contributed by atoms with Gasteiger partial charge in [0.1, 0.15) is 0 Å². The Morgan fingerprint density at radius 3 is 1.73 bits per heavy atom. The maximum absolute atomic E-state index is 13.9. The van der Waals surface area contributed by atoms with Gasteiger partial charge in [0.05, 0.1) is 15.4 Å². The second kappa shape index (κ2) is 7.53. The van der Waals surface area contributed by atoms with Gasteiger partial charge >= 0.3 is 6.18 Å². The summed E-state index contributed by atoms with van der Waals surface area (Å²) in [5.41, 5.74) is -1.90. The van der Waals surface area contributed by atoms with Crippen LogP contribution in [0, 0.1) is 0 Å². The molecule has 158 valence electrons. The van der Waals surface area contributed by atoms with Crippen LogP contribution in [0.5, 0.6) is 0 Å². The molecule has 0 saturated carbocycles. The average molecular weight is 455 g/mol. The third kappa shape index (κ3) is 4.25. The molecule has 0 aromatic heterocycles. The minimum Gasteiger partial charge on any atom is -0.225 e. The second-order valence-corrected chi connectivity index (χ2v) is 10.0.